The third-order valence-corrected chi connectivity index (χ3v) is 7.74. The Morgan fingerprint density at radius 1 is 0.960 bits per heavy atom. The molecule has 3 nitrogen and oxygen atoms in total. The van der Waals surface area contributed by atoms with Crippen LogP contribution in [0.1, 0.15) is 73.1 Å². The van der Waals surface area contributed by atoms with E-state index in [9.17, 15) is 0 Å². The first-order valence-corrected chi connectivity index (χ1v) is 11.1. The molecule has 3 heteroatoms. The van der Waals surface area contributed by atoms with Crippen LogP contribution in [-0.2, 0) is 0 Å². The fraction of sp³-hybridized carbons (Fsp3) is 1.00. The van der Waals surface area contributed by atoms with Crippen LogP contribution in [0.4, 0.5) is 0 Å². The van der Waals surface area contributed by atoms with Gasteiger partial charge in [0.1, 0.15) is 0 Å². The van der Waals surface area contributed by atoms with Crippen molar-refractivity contribution in [3.8, 4) is 0 Å². The first kappa shape index (κ1) is 19.6. The molecule has 0 radical (unpaired) electrons. The minimum atomic E-state index is 0.371. The van der Waals surface area contributed by atoms with E-state index in [1.54, 1.807) is 0 Å². The number of hydrogen-bond acceptors (Lipinski definition) is 3. The second-order valence-corrected chi connectivity index (χ2v) is 10.1. The van der Waals surface area contributed by atoms with E-state index >= 15 is 0 Å². The third kappa shape index (κ3) is 4.59. The zero-order valence-corrected chi connectivity index (χ0v) is 17.7. The normalized spacial score (nSPS) is 27.1. The number of hydrogen-bond donors (Lipinski definition) is 0. The topological polar surface area (TPSA) is 9.72 Å². The number of nitrogens with zero attached hydrogens (tertiary/aromatic N) is 3. The Balaban J connectivity index is 1.47. The standard InChI is InChI=1S/C22H43N3/c1-6-9-22(10-11-22)18-23-12-7-20(8-13-23)21(4,5)25-16-14-24(15-17-25)19(2)3/h19-20H,6-18H2,1-5H3. The smallest absolute Gasteiger partial charge is 0.0183 e. The summed E-state index contributed by atoms with van der Waals surface area (Å²) in [6, 6.07) is 0.700. The molecule has 2 saturated heterocycles. The molecule has 2 aliphatic heterocycles. The zero-order valence-electron chi connectivity index (χ0n) is 17.7. The van der Waals surface area contributed by atoms with Crippen LogP contribution < -0.4 is 0 Å². The molecule has 1 aliphatic carbocycles. The summed E-state index contributed by atoms with van der Waals surface area (Å²) in [6.45, 7) is 21.2. The summed E-state index contributed by atoms with van der Waals surface area (Å²) in [7, 11) is 0. The second kappa shape index (κ2) is 7.86. The highest BCUT2D eigenvalue weighted by molar-refractivity contribution is 4.98. The van der Waals surface area contributed by atoms with Gasteiger partial charge in [0.15, 0.2) is 0 Å². The average molecular weight is 350 g/mol. The molecule has 0 unspecified atom stereocenters. The summed E-state index contributed by atoms with van der Waals surface area (Å²) < 4.78 is 0. The van der Waals surface area contributed by atoms with Crippen LogP contribution in [0.15, 0.2) is 0 Å². The first-order chi connectivity index (χ1) is 11.9. The van der Waals surface area contributed by atoms with Crippen LogP contribution in [0.2, 0.25) is 0 Å². The van der Waals surface area contributed by atoms with E-state index in [0.717, 1.165) is 11.3 Å². The maximum atomic E-state index is 2.80. The van der Waals surface area contributed by atoms with Gasteiger partial charge in [-0.2, -0.15) is 0 Å². The van der Waals surface area contributed by atoms with Gasteiger partial charge in [-0.25, -0.2) is 0 Å². The van der Waals surface area contributed by atoms with E-state index in [2.05, 4.69) is 49.3 Å². The molecule has 3 fully saturated rings. The maximum Gasteiger partial charge on any atom is 0.0183 e. The highest BCUT2D eigenvalue weighted by Gasteiger charge is 2.44. The fourth-order valence-electron chi connectivity index (χ4n) is 5.54. The van der Waals surface area contributed by atoms with Gasteiger partial charge in [-0.1, -0.05) is 13.3 Å². The Hall–Kier alpha value is -0.120. The van der Waals surface area contributed by atoms with Gasteiger partial charge >= 0.3 is 0 Å². The van der Waals surface area contributed by atoms with Gasteiger partial charge in [0.2, 0.25) is 0 Å². The van der Waals surface area contributed by atoms with Crippen LogP contribution in [-0.4, -0.2) is 72.1 Å². The lowest BCUT2D eigenvalue weighted by Crippen LogP contribution is -2.59. The molecule has 25 heavy (non-hydrogen) atoms. The Morgan fingerprint density at radius 2 is 1.56 bits per heavy atom. The highest BCUT2D eigenvalue weighted by atomic mass is 15.3. The predicted octanol–water partition coefficient (Wildman–Crippen LogP) is 4.08. The molecule has 3 rings (SSSR count). The average Bonchev–Trinajstić information content (AvgIpc) is 3.35. The van der Waals surface area contributed by atoms with E-state index in [1.165, 1.54) is 84.3 Å². The van der Waals surface area contributed by atoms with E-state index in [1.807, 2.05) is 0 Å². The molecule has 0 N–H and O–H groups in total. The van der Waals surface area contributed by atoms with Crippen molar-refractivity contribution in [1.29, 1.82) is 0 Å². The van der Waals surface area contributed by atoms with Crippen molar-refractivity contribution in [2.45, 2.75) is 84.7 Å². The van der Waals surface area contributed by atoms with Gasteiger partial charge in [-0.3, -0.25) is 9.80 Å². The number of piperidine rings is 1. The van der Waals surface area contributed by atoms with Crippen LogP contribution in [0.25, 0.3) is 0 Å². The summed E-state index contributed by atoms with van der Waals surface area (Å²) in [5.74, 6) is 0.871. The molecule has 0 atom stereocenters. The fourth-order valence-corrected chi connectivity index (χ4v) is 5.54. The van der Waals surface area contributed by atoms with Crippen LogP contribution >= 0.6 is 0 Å². The molecule has 0 aromatic carbocycles. The summed E-state index contributed by atoms with van der Waals surface area (Å²) in [4.78, 5) is 8.23. The van der Waals surface area contributed by atoms with Crippen molar-refractivity contribution in [3.63, 3.8) is 0 Å². The van der Waals surface area contributed by atoms with Crippen molar-refractivity contribution in [1.82, 2.24) is 14.7 Å². The largest absolute Gasteiger partial charge is 0.303 e. The van der Waals surface area contributed by atoms with Crippen molar-refractivity contribution < 1.29 is 0 Å². The van der Waals surface area contributed by atoms with Gasteiger partial charge in [0.25, 0.3) is 0 Å². The Morgan fingerprint density at radius 3 is 2.04 bits per heavy atom. The molecule has 0 aromatic heterocycles. The van der Waals surface area contributed by atoms with Crippen LogP contribution in [0.3, 0.4) is 0 Å². The maximum absolute atomic E-state index is 2.80. The molecule has 146 valence electrons. The Bertz CT molecular complexity index is 411. The SMILES string of the molecule is CCCC1(CN2CCC(C(C)(C)N3CCN(C(C)C)CC3)CC2)CC1. The molecule has 0 amide bonds. The third-order valence-electron chi connectivity index (χ3n) is 7.74. The lowest BCUT2D eigenvalue weighted by atomic mass is 9.78. The molecule has 0 spiro atoms. The lowest BCUT2D eigenvalue weighted by Gasteiger charge is -2.50. The molecular formula is C22H43N3. The quantitative estimate of drug-likeness (QED) is 0.685. The van der Waals surface area contributed by atoms with Gasteiger partial charge in [0.05, 0.1) is 0 Å². The number of likely N-dealkylation sites (tertiary alicyclic amines) is 1. The van der Waals surface area contributed by atoms with E-state index < -0.39 is 0 Å². The monoisotopic (exact) mass is 349 g/mol. The van der Waals surface area contributed by atoms with E-state index in [-0.39, 0.29) is 0 Å². The van der Waals surface area contributed by atoms with E-state index in [4.69, 9.17) is 0 Å². The minimum Gasteiger partial charge on any atom is -0.303 e. The Kier molecular flexibility index (Phi) is 6.17. The highest BCUT2D eigenvalue weighted by Crippen LogP contribution is 2.50. The van der Waals surface area contributed by atoms with E-state index in [0.29, 0.717) is 11.6 Å². The zero-order chi connectivity index (χ0) is 18.1. The molecule has 0 bridgehead atoms. The second-order valence-electron chi connectivity index (χ2n) is 10.1. The summed E-state index contributed by atoms with van der Waals surface area (Å²) in [5, 5.41) is 0. The van der Waals surface area contributed by atoms with Gasteiger partial charge < -0.3 is 4.90 Å². The van der Waals surface area contributed by atoms with Gasteiger partial charge in [0, 0.05) is 44.3 Å². The van der Waals surface area contributed by atoms with Crippen LogP contribution in [0, 0.1) is 11.3 Å². The first-order valence-electron chi connectivity index (χ1n) is 11.1. The number of rotatable bonds is 7. The molecule has 2 heterocycles. The van der Waals surface area contributed by atoms with Gasteiger partial charge in [-0.05, 0) is 84.2 Å². The predicted molar refractivity (Wildman–Crippen MR) is 108 cm³/mol. The summed E-state index contributed by atoms with van der Waals surface area (Å²) in [6.07, 6.45) is 8.61. The van der Waals surface area contributed by atoms with Crippen LogP contribution in [0.5, 0.6) is 0 Å². The van der Waals surface area contributed by atoms with Crippen molar-refractivity contribution >= 4 is 0 Å². The van der Waals surface area contributed by atoms with Gasteiger partial charge in [-0.15, -0.1) is 0 Å². The molecule has 3 aliphatic rings. The van der Waals surface area contributed by atoms with Crippen molar-refractivity contribution in [2.24, 2.45) is 11.3 Å². The number of piperazine rings is 1. The Labute approximate surface area is 157 Å². The molecular weight excluding hydrogens is 306 g/mol. The summed E-state index contributed by atoms with van der Waals surface area (Å²) in [5.41, 5.74) is 1.10. The van der Waals surface area contributed by atoms with Crippen molar-refractivity contribution in [2.75, 3.05) is 45.8 Å². The summed E-state index contributed by atoms with van der Waals surface area (Å²) >= 11 is 0. The van der Waals surface area contributed by atoms with Crippen molar-refractivity contribution in [3.05, 3.63) is 0 Å². The molecule has 0 aromatic rings. The lowest BCUT2D eigenvalue weighted by molar-refractivity contribution is -0.0128. The minimum absolute atomic E-state index is 0.371. The molecule has 1 saturated carbocycles.